The van der Waals surface area contributed by atoms with Crippen molar-refractivity contribution in [1.82, 2.24) is 5.32 Å². The quantitative estimate of drug-likeness (QED) is 0.749. The summed E-state index contributed by atoms with van der Waals surface area (Å²) in [6, 6.07) is 4.38. The molecule has 0 saturated carbocycles. The van der Waals surface area contributed by atoms with Gasteiger partial charge >= 0.3 is 0 Å². The molecule has 1 rings (SSSR count). The number of thiophene rings is 1. The maximum atomic E-state index is 5.68. The number of nitrogens with one attached hydrogen (secondary N) is 1. The summed E-state index contributed by atoms with van der Waals surface area (Å²) in [5.41, 5.74) is 0.178. The third kappa shape index (κ3) is 7.14. The predicted octanol–water partition coefficient (Wildman–Crippen LogP) is 4.20. The van der Waals surface area contributed by atoms with Gasteiger partial charge in [-0.1, -0.05) is 13.8 Å². The van der Waals surface area contributed by atoms with E-state index in [0.29, 0.717) is 0 Å². The summed E-state index contributed by atoms with van der Waals surface area (Å²) in [4.78, 5) is 2.71. The molecular formula is C15H27NOS. The Hall–Kier alpha value is -0.380. The first-order valence-corrected chi connectivity index (χ1v) is 7.59. The van der Waals surface area contributed by atoms with Gasteiger partial charge in [0.1, 0.15) is 0 Å². The Bertz CT molecular complexity index is 339. The van der Waals surface area contributed by atoms with Gasteiger partial charge in [-0.05, 0) is 45.2 Å². The maximum Gasteiger partial charge on any atom is 0.0809 e. The third-order valence-electron chi connectivity index (χ3n) is 2.59. The van der Waals surface area contributed by atoms with Crippen molar-refractivity contribution < 1.29 is 4.74 Å². The molecule has 0 spiro atoms. The highest BCUT2D eigenvalue weighted by atomic mass is 32.1. The lowest BCUT2D eigenvalue weighted by molar-refractivity contribution is 0.112. The summed E-state index contributed by atoms with van der Waals surface area (Å²) in [6.45, 7) is 13.6. The van der Waals surface area contributed by atoms with Crippen molar-refractivity contribution in [2.45, 2.75) is 59.7 Å². The van der Waals surface area contributed by atoms with Crippen LogP contribution in [-0.2, 0) is 17.9 Å². The molecule has 2 nitrogen and oxygen atoms in total. The molecule has 0 saturated heterocycles. The van der Waals surface area contributed by atoms with E-state index in [0.717, 1.165) is 32.1 Å². The van der Waals surface area contributed by atoms with E-state index in [1.807, 2.05) is 11.3 Å². The SMILES string of the molecule is CC(C)CCOCc1ccc(CNC(C)(C)C)s1. The summed E-state index contributed by atoms with van der Waals surface area (Å²) in [7, 11) is 0. The van der Waals surface area contributed by atoms with Crippen LogP contribution in [0.3, 0.4) is 0 Å². The zero-order valence-electron chi connectivity index (χ0n) is 12.4. The summed E-state index contributed by atoms with van der Waals surface area (Å²) in [6.07, 6.45) is 1.14. The van der Waals surface area contributed by atoms with Crippen LogP contribution >= 0.6 is 11.3 Å². The monoisotopic (exact) mass is 269 g/mol. The highest BCUT2D eigenvalue weighted by molar-refractivity contribution is 7.11. The van der Waals surface area contributed by atoms with Crippen LogP contribution in [0.2, 0.25) is 0 Å². The van der Waals surface area contributed by atoms with E-state index >= 15 is 0 Å². The molecule has 3 heteroatoms. The second-order valence-corrected chi connectivity index (χ2v) is 7.46. The van der Waals surface area contributed by atoms with Gasteiger partial charge in [0.05, 0.1) is 6.61 Å². The van der Waals surface area contributed by atoms with Gasteiger partial charge in [0.15, 0.2) is 0 Å². The van der Waals surface area contributed by atoms with E-state index in [1.165, 1.54) is 9.75 Å². The number of ether oxygens (including phenoxy) is 1. The van der Waals surface area contributed by atoms with Crippen LogP contribution in [0.5, 0.6) is 0 Å². The predicted molar refractivity (Wildman–Crippen MR) is 80.0 cm³/mol. The molecule has 0 radical (unpaired) electrons. The number of hydrogen-bond donors (Lipinski definition) is 1. The molecule has 0 aromatic carbocycles. The van der Waals surface area contributed by atoms with Crippen molar-refractivity contribution in [2.24, 2.45) is 5.92 Å². The minimum absolute atomic E-state index is 0.178. The fourth-order valence-corrected chi connectivity index (χ4v) is 2.33. The van der Waals surface area contributed by atoms with E-state index in [9.17, 15) is 0 Å². The van der Waals surface area contributed by atoms with Crippen molar-refractivity contribution in [2.75, 3.05) is 6.61 Å². The van der Waals surface area contributed by atoms with Crippen molar-refractivity contribution >= 4 is 11.3 Å². The molecule has 1 aromatic rings. The zero-order chi connectivity index (χ0) is 13.6. The van der Waals surface area contributed by atoms with E-state index in [-0.39, 0.29) is 5.54 Å². The lowest BCUT2D eigenvalue weighted by Gasteiger charge is -2.19. The highest BCUT2D eigenvalue weighted by Gasteiger charge is 2.09. The minimum atomic E-state index is 0.178. The van der Waals surface area contributed by atoms with E-state index in [2.05, 4.69) is 52.1 Å². The molecule has 0 atom stereocenters. The molecule has 0 aliphatic carbocycles. The van der Waals surface area contributed by atoms with Crippen LogP contribution < -0.4 is 5.32 Å². The Morgan fingerprint density at radius 3 is 2.50 bits per heavy atom. The molecule has 1 aromatic heterocycles. The van der Waals surface area contributed by atoms with Crippen molar-refractivity contribution in [3.05, 3.63) is 21.9 Å². The first-order chi connectivity index (χ1) is 8.37. The van der Waals surface area contributed by atoms with Gasteiger partial charge in [0.2, 0.25) is 0 Å². The van der Waals surface area contributed by atoms with E-state index < -0.39 is 0 Å². The van der Waals surface area contributed by atoms with Crippen molar-refractivity contribution in [3.63, 3.8) is 0 Å². The molecule has 1 N–H and O–H groups in total. The molecule has 0 fully saturated rings. The second-order valence-electron chi connectivity index (χ2n) is 6.21. The van der Waals surface area contributed by atoms with Gasteiger partial charge in [-0.3, -0.25) is 0 Å². The average Bonchev–Trinajstić information content (AvgIpc) is 2.68. The zero-order valence-corrected chi connectivity index (χ0v) is 13.2. The van der Waals surface area contributed by atoms with Crippen LogP contribution in [0.25, 0.3) is 0 Å². The Balaban J connectivity index is 2.26. The summed E-state index contributed by atoms with van der Waals surface area (Å²) >= 11 is 1.84. The van der Waals surface area contributed by atoms with Gasteiger partial charge in [0, 0.05) is 28.4 Å². The average molecular weight is 269 g/mol. The smallest absolute Gasteiger partial charge is 0.0809 e. The molecule has 0 unspecified atom stereocenters. The summed E-state index contributed by atoms with van der Waals surface area (Å²) in [5.74, 6) is 0.722. The van der Waals surface area contributed by atoms with Crippen molar-refractivity contribution in [1.29, 1.82) is 0 Å². The van der Waals surface area contributed by atoms with Gasteiger partial charge < -0.3 is 10.1 Å². The fraction of sp³-hybridized carbons (Fsp3) is 0.733. The van der Waals surface area contributed by atoms with Gasteiger partial charge in [-0.15, -0.1) is 11.3 Å². The molecular weight excluding hydrogens is 242 g/mol. The Kier molecular flexibility index (Phi) is 6.33. The van der Waals surface area contributed by atoms with Gasteiger partial charge in [0.25, 0.3) is 0 Å². The lowest BCUT2D eigenvalue weighted by atomic mass is 10.1. The largest absolute Gasteiger partial charge is 0.376 e. The molecule has 0 aliphatic heterocycles. The van der Waals surface area contributed by atoms with Crippen LogP contribution in [0.15, 0.2) is 12.1 Å². The second kappa shape index (κ2) is 7.27. The normalized spacial score (nSPS) is 12.3. The first kappa shape index (κ1) is 15.7. The van der Waals surface area contributed by atoms with Gasteiger partial charge in [-0.25, -0.2) is 0 Å². The van der Waals surface area contributed by atoms with Crippen LogP contribution in [0.4, 0.5) is 0 Å². The molecule has 1 heterocycles. The Morgan fingerprint density at radius 1 is 1.22 bits per heavy atom. The Morgan fingerprint density at radius 2 is 1.89 bits per heavy atom. The molecule has 104 valence electrons. The molecule has 0 aliphatic rings. The summed E-state index contributed by atoms with van der Waals surface area (Å²) < 4.78 is 5.68. The molecule has 0 amide bonds. The summed E-state index contributed by atoms with van der Waals surface area (Å²) in [5, 5.41) is 3.50. The molecule has 0 bridgehead atoms. The van der Waals surface area contributed by atoms with Crippen LogP contribution in [0.1, 0.15) is 50.8 Å². The van der Waals surface area contributed by atoms with Crippen LogP contribution in [0, 0.1) is 5.92 Å². The number of hydrogen-bond acceptors (Lipinski definition) is 3. The minimum Gasteiger partial charge on any atom is -0.376 e. The first-order valence-electron chi connectivity index (χ1n) is 6.77. The standard InChI is InChI=1S/C15H27NOS/c1-12(2)8-9-17-11-14-7-6-13(18-14)10-16-15(3,4)5/h6-7,12,16H,8-11H2,1-5H3. The number of rotatable bonds is 7. The fourth-order valence-electron chi connectivity index (χ4n) is 1.44. The lowest BCUT2D eigenvalue weighted by Crippen LogP contribution is -2.34. The maximum absolute atomic E-state index is 5.68. The Labute approximate surface area is 116 Å². The highest BCUT2D eigenvalue weighted by Crippen LogP contribution is 2.18. The van der Waals surface area contributed by atoms with E-state index in [1.54, 1.807) is 0 Å². The van der Waals surface area contributed by atoms with Crippen LogP contribution in [-0.4, -0.2) is 12.1 Å². The topological polar surface area (TPSA) is 21.3 Å². The van der Waals surface area contributed by atoms with E-state index in [4.69, 9.17) is 4.74 Å². The van der Waals surface area contributed by atoms with Crippen molar-refractivity contribution in [3.8, 4) is 0 Å². The van der Waals surface area contributed by atoms with Gasteiger partial charge in [-0.2, -0.15) is 0 Å². The molecule has 18 heavy (non-hydrogen) atoms. The third-order valence-corrected chi connectivity index (χ3v) is 3.65.